The van der Waals surface area contributed by atoms with Gasteiger partial charge in [0.05, 0.1) is 15.8 Å². The molecule has 0 N–H and O–H groups in total. The van der Waals surface area contributed by atoms with Crippen LogP contribution in [0.1, 0.15) is 19.8 Å². The summed E-state index contributed by atoms with van der Waals surface area (Å²) in [7, 11) is 0. The highest BCUT2D eigenvalue weighted by Crippen LogP contribution is 2.30. The number of hydrogen-bond acceptors (Lipinski definition) is 3. The molecule has 2 aromatic rings. The molecule has 6 heteroatoms. The van der Waals surface area contributed by atoms with Gasteiger partial charge in [-0.3, -0.25) is 14.9 Å². The summed E-state index contributed by atoms with van der Waals surface area (Å²) in [6, 6.07) is 4.70. The van der Waals surface area contributed by atoms with Gasteiger partial charge in [-0.05, 0) is 12.1 Å². The number of fused-ring (bicyclic) bond motifs is 1. The Kier molecular flexibility index (Phi) is 3.85. The number of aryl methyl sites for hydroxylation is 1. The van der Waals surface area contributed by atoms with Crippen LogP contribution in [-0.2, 0) is 11.3 Å². The number of nitro groups is 1. The Balaban J connectivity index is 2.42. The van der Waals surface area contributed by atoms with Gasteiger partial charge in [0.15, 0.2) is 0 Å². The number of benzene rings is 1. The van der Waals surface area contributed by atoms with Crippen molar-refractivity contribution in [2.24, 2.45) is 0 Å². The van der Waals surface area contributed by atoms with Gasteiger partial charge in [-0.2, -0.15) is 0 Å². The molecular weight excluding hydrogens is 268 g/mol. The first-order valence-electron chi connectivity index (χ1n) is 5.97. The second-order valence-corrected chi connectivity index (χ2v) is 4.70. The number of halogens is 1. The summed E-state index contributed by atoms with van der Waals surface area (Å²) in [5, 5.41) is 11.8. The fourth-order valence-electron chi connectivity index (χ4n) is 2.01. The standard InChI is InChI=1S/C13H13ClN2O3/c1-2-10(17)3-5-15-6-4-11-12(15)7-9(14)8-13(11)16(18)19/h4,6-8H,2-3,5H2,1H3. The number of ketones is 1. The molecule has 0 aliphatic carbocycles. The van der Waals surface area contributed by atoms with Crippen molar-refractivity contribution in [3.63, 3.8) is 0 Å². The number of carbonyl (C=O) groups excluding carboxylic acids is 1. The van der Waals surface area contributed by atoms with Crippen LogP contribution in [0, 0.1) is 10.1 Å². The third kappa shape index (κ3) is 2.76. The van der Waals surface area contributed by atoms with Crippen LogP contribution in [0.5, 0.6) is 0 Å². The van der Waals surface area contributed by atoms with E-state index in [0.717, 1.165) is 0 Å². The Bertz CT molecular complexity index is 649. The molecule has 2 rings (SSSR count). The van der Waals surface area contributed by atoms with Gasteiger partial charge in [-0.1, -0.05) is 18.5 Å². The van der Waals surface area contributed by atoms with Crippen LogP contribution in [0.4, 0.5) is 5.69 Å². The predicted octanol–water partition coefficient (Wildman–Crippen LogP) is 3.57. The smallest absolute Gasteiger partial charge is 0.280 e. The Morgan fingerprint density at radius 1 is 1.47 bits per heavy atom. The van der Waals surface area contributed by atoms with Crippen molar-refractivity contribution >= 4 is 34.0 Å². The molecule has 0 saturated heterocycles. The van der Waals surface area contributed by atoms with Crippen molar-refractivity contribution in [2.45, 2.75) is 26.3 Å². The van der Waals surface area contributed by atoms with E-state index in [1.54, 1.807) is 18.3 Å². The van der Waals surface area contributed by atoms with Crippen LogP contribution in [0.25, 0.3) is 10.9 Å². The lowest BCUT2D eigenvalue weighted by atomic mass is 10.2. The second-order valence-electron chi connectivity index (χ2n) is 4.27. The lowest BCUT2D eigenvalue weighted by Crippen LogP contribution is -2.03. The Morgan fingerprint density at radius 2 is 2.21 bits per heavy atom. The largest absolute Gasteiger partial charge is 0.347 e. The second kappa shape index (κ2) is 5.40. The average Bonchev–Trinajstić information content (AvgIpc) is 2.77. The zero-order valence-electron chi connectivity index (χ0n) is 10.4. The summed E-state index contributed by atoms with van der Waals surface area (Å²) in [6.45, 7) is 2.32. The van der Waals surface area contributed by atoms with E-state index in [-0.39, 0.29) is 11.5 Å². The minimum atomic E-state index is -0.449. The van der Waals surface area contributed by atoms with E-state index in [2.05, 4.69) is 0 Å². The molecule has 0 bridgehead atoms. The van der Waals surface area contributed by atoms with Gasteiger partial charge < -0.3 is 4.57 Å². The van der Waals surface area contributed by atoms with Crippen LogP contribution in [0.15, 0.2) is 24.4 Å². The van der Waals surface area contributed by atoms with Gasteiger partial charge in [-0.25, -0.2) is 0 Å². The number of nitro benzene ring substituents is 1. The molecular formula is C13H13ClN2O3. The third-order valence-corrected chi connectivity index (χ3v) is 3.27. The maximum absolute atomic E-state index is 11.3. The number of Topliss-reactive ketones (excluding diaryl/α,β-unsaturated/α-hetero) is 1. The molecule has 0 radical (unpaired) electrons. The molecule has 0 amide bonds. The highest BCUT2D eigenvalue weighted by atomic mass is 35.5. The van der Waals surface area contributed by atoms with E-state index in [9.17, 15) is 14.9 Å². The highest BCUT2D eigenvalue weighted by molar-refractivity contribution is 6.31. The molecule has 0 aliphatic heterocycles. The van der Waals surface area contributed by atoms with E-state index < -0.39 is 4.92 Å². The van der Waals surface area contributed by atoms with Crippen molar-refractivity contribution < 1.29 is 9.72 Å². The minimum absolute atomic E-state index is 0.0110. The molecule has 0 atom stereocenters. The molecule has 0 fully saturated rings. The topological polar surface area (TPSA) is 65.1 Å². The molecule has 0 aliphatic rings. The SMILES string of the molecule is CCC(=O)CCn1ccc2c([N+](=O)[O-])cc(Cl)cc21. The predicted molar refractivity (Wildman–Crippen MR) is 73.5 cm³/mol. The van der Waals surface area contributed by atoms with Gasteiger partial charge in [0, 0.05) is 36.7 Å². The Morgan fingerprint density at radius 3 is 2.84 bits per heavy atom. The number of nitrogens with zero attached hydrogens (tertiary/aromatic N) is 2. The maximum Gasteiger partial charge on any atom is 0.280 e. The van der Waals surface area contributed by atoms with Crippen LogP contribution in [0.3, 0.4) is 0 Å². The maximum atomic E-state index is 11.3. The number of rotatable bonds is 5. The zero-order chi connectivity index (χ0) is 14.0. The van der Waals surface area contributed by atoms with Gasteiger partial charge in [0.25, 0.3) is 5.69 Å². The third-order valence-electron chi connectivity index (χ3n) is 3.05. The van der Waals surface area contributed by atoms with Crippen LogP contribution in [0.2, 0.25) is 5.02 Å². The lowest BCUT2D eigenvalue weighted by molar-refractivity contribution is -0.383. The van der Waals surface area contributed by atoms with E-state index in [1.165, 1.54) is 6.07 Å². The van der Waals surface area contributed by atoms with Crippen LogP contribution in [-0.4, -0.2) is 15.3 Å². The van der Waals surface area contributed by atoms with Gasteiger partial charge in [0.2, 0.25) is 0 Å². The molecule has 0 spiro atoms. The first kappa shape index (κ1) is 13.5. The van der Waals surface area contributed by atoms with E-state index in [0.29, 0.717) is 35.3 Å². The highest BCUT2D eigenvalue weighted by Gasteiger charge is 2.16. The van der Waals surface area contributed by atoms with Crippen molar-refractivity contribution in [1.29, 1.82) is 0 Å². The molecule has 1 aromatic heterocycles. The average molecular weight is 281 g/mol. The van der Waals surface area contributed by atoms with Gasteiger partial charge >= 0.3 is 0 Å². The Hall–Kier alpha value is -1.88. The summed E-state index contributed by atoms with van der Waals surface area (Å²) >= 11 is 5.90. The monoisotopic (exact) mass is 280 g/mol. The van der Waals surface area contributed by atoms with Gasteiger partial charge in [-0.15, -0.1) is 0 Å². The lowest BCUT2D eigenvalue weighted by Gasteiger charge is -2.05. The number of hydrogen-bond donors (Lipinski definition) is 0. The van der Waals surface area contributed by atoms with E-state index >= 15 is 0 Å². The number of non-ortho nitro benzene ring substituents is 1. The van der Waals surface area contributed by atoms with Crippen LogP contribution < -0.4 is 0 Å². The zero-order valence-corrected chi connectivity index (χ0v) is 11.2. The first-order chi connectivity index (χ1) is 9.02. The van der Waals surface area contributed by atoms with Crippen molar-refractivity contribution in [3.05, 3.63) is 39.5 Å². The number of aromatic nitrogens is 1. The molecule has 0 unspecified atom stereocenters. The molecule has 5 nitrogen and oxygen atoms in total. The molecule has 19 heavy (non-hydrogen) atoms. The fourth-order valence-corrected chi connectivity index (χ4v) is 2.22. The summed E-state index contributed by atoms with van der Waals surface area (Å²) in [5.41, 5.74) is 0.672. The fraction of sp³-hybridized carbons (Fsp3) is 0.308. The normalized spacial score (nSPS) is 10.8. The molecule has 0 saturated carbocycles. The van der Waals surface area contributed by atoms with E-state index in [1.807, 2.05) is 11.5 Å². The molecule has 1 heterocycles. The summed E-state index contributed by atoms with van der Waals surface area (Å²) in [6.07, 6.45) is 2.66. The van der Waals surface area contributed by atoms with Crippen molar-refractivity contribution in [1.82, 2.24) is 4.57 Å². The first-order valence-corrected chi connectivity index (χ1v) is 6.35. The quantitative estimate of drug-likeness (QED) is 0.621. The summed E-state index contributed by atoms with van der Waals surface area (Å²) < 4.78 is 1.82. The van der Waals surface area contributed by atoms with E-state index in [4.69, 9.17) is 11.6 Å². The Labute approximate surface area is 114 Å². The van der Waals surface area contributed by atoms with Crippen molar-refractivity contribution in [3.8, 4) is 0 Å². The molecule has 100 valence electrons. The minimum Gasteiger partial charge on any atom is -0.347 e. The summed E-state index contributed by atoms with van der Waals surface area (Å²) in [5.74, 6) is 0.165. The van der Waals surface area contributed by atoms with Crippen molar-refractivity contribution in [2.75, 3.05) is 0 Å². The summed E-state index contributed by atoms with van der Waals surface area (Å²) in [4.78, 5) is 21.9. The van der Waals surface area contributed by atoms with Crippen LogP contribution >= 0.6 is 11.6 Å². The molecule has 1 aromatic carbocycles. The van der Waals surface area contributed by atoms with Gasteiger partial charge in [0.1, 0.15) is 5.78 Å². The number of carbonyl (C=O) groups is 1.